The number of benzene rings is 1. The third-order valence-corrected chi connectivity index (χ3v) is 12.5. The highest BCUT2D eigenvalue weighted by Gasteiger charge is 2.39. The molecule has 1 saturated heterocycles. The number of nitrogens with two attached hydrogens (primary N) is 1. The molecule has 14 heteroatoms. The minimum Gasteiger partial charge on any atom is -0.390 e. The molecule has 2 aromatic rings. The minimum atomic E-state index is -3.78. The van der Waals surface area contributed by atoms with E-state index in [-0.39, 0.29) is 24.7 Å². The molecule has 1 aromatic carbocycles. The number of aliphatic hydroxyl groups is 2. The SMILES string of the molecule is CC(C)C[C@H](O)[C@H](O)[C@@H](N)C(NC(=O)[C@H](Cc1cscn1)NC(=O)[C@H](Cc1ccccc1)CS(=O)(=O)N1CCN(C)CC1)C1CCCCC1. The summed E-state index contributed by atoms with van der Waals surface area (Å²) >= 11 is 1.37. The molecule has 1 aromatic heterocycles. The van der Waals surface area contributed by atoms with Crippen LogP contribution in [0.5, 0.6) is 0 Å². The number of likely N-dealkylation sites (N-methyl/N-ethyl adjacent to an activating group) is 1. The second-order valence-corrected chi connectivity index (χ2v) is 17.0. The van der Waals surface area contributed by atoms with E-state index < -0.39 is 63.8 Å². The van der Waals surface area contributed by atoms with Crippen molar-refractivity contribution in [2.45, 2.75) is 95.5 Å². The molecule has 0 bridgehead atoms. The Labute approximate surface area is 295 Å². The number of amides is 2. The van der Waals surface area contributed by atoms with Gasteiger partial charge in [-0.25, -0.2) is 13.4 Å². The van der Waals surface area contributed by atoms with Crippen molar-refractivity contribution in [1.29, 1.82) is 0 Å². The molecule has 2 fully saturated rings. The summed E-state index contributed by atoms with van der Waals surface area (Å²) in [5, 5.41) is 29.7. The number of rotatable bonds is 17. The van der Waals surface area contributed by atoms with Gasteiger partial charge in [-0.3, -0.25) is 9.59 Å². The van der Waals surface area contributed by atoms with Gasteiger partial charge in [0.1, 0.15) is 6.04 Å². The first-order valence-corrected chi connectivity index (χ1v) is 20.2. The van der Waals surface area contributed by atoms with Crippen molar-refractivity contribution in [3.8, 4) is 0 Å². The maximum atomic E-state index is 14.2. The number of nitrogens with zero attached hydrogens (tertiary/aromatic N) is 3. The summed E-state index contributed by atoms with van der Waals surface area (Å²) < 4.78 is 28.7. The molecule has 1 aliphatic heterocycles. The number of aliphatic hydroxyl groups excluding tert-OH is 2. The lowest BCUT2D eigenvalue weighted by Gasteiger charge is -2.38. The molecule has 0 spiro atoms. The summed E-state index contributed by atoms with van der Waals surface area (Å²) in [6.45, 7) is 5.84. The average Bonchev–Trinajstić information content (AvgIpc) is 3.59. The van der Waals surface area contributed by atoms with Gasteiger partial charge < -0.3 is 31.5 Å². The van der Waals surface area contributed by atoms with Gasteiger partial charge in [0.15, 0.2) is 0 Å². The van der Waals surface area contributed by atoms with Crippen molar-refractivity contribution in [3.05, 3.63) is 52.5 Å². The van der Waals surface area contributed by atoms with Crippen LogP contribution in [0.3, 0.4) is 0 Å². The van der Waals surface area contributed by atoms with Gasteiger partial charge in [-0.1, -0.05) is 63.4 Å². The van der Waals surface area contributed by atoms with Crippen molar-refractivity contribution in [1.82, 2.24) is 24.8 Å². The zero-order chi connectivity index (χ0) is 35.6. The number of thiazole rings is 1. The molecule has 1 saturated carbocycles. The number of nitrogens with one attached hydrogen (secondary N) is 2. The number of sulfonamides is 1. The third kappa shape index (κ3) is 11.8. The fraction of sp³-hybridized carbons (Fsp3) is 0.686. The molecule has 1 aliphatic carbocycles. The number of carbonyl (C=O) groups excluding carboxylic acids is 2. The Morgan fingerprint density at radius 2 is 1.67 bits per heavy atom. The number of carbonyl (C=O) groups is 2. The van der Waals surface area contributed by atoms with Crippen molar-refractivity contribution in [2.24, 2.45) is 23.5 Å². The molecule has 12 nitrogen and oxygen atoms in total. The zero-order valence-electron chi connectivity index (χ0n) is 29.1. The normalized spacial score (nSPS) is 20.6. The smallest absolute Gasteiger partial charge is 0.243 e. The van der Waals surface area contributed by atoms with E-state index >= 15 is 0 Å². The Balaban J connectivity index is 1.58. The maximum Gasteiger partial charge on any atom is 0.243 e. The van der Waals surface area contributed by atoms with E-state index in [0.717, 1.165) is 37.7 Å². The average molecular weight is 721 g/mol. The predicted molar refractivity (Wildman–Crippen MR) is 192 cm³/mol. The minimum absolute atomic E-state index is 0.0104. The van der Waals surface area contributed by atoms with Crippen LogP contribution in [0.1, 0.15) is 63.6 Å². The van der Waals surface area contributed by atoms with Crippen LogP contribution in [-0.4, -0.2) is 114 Å². The van der Waals surface area contributed by atoms with Gasteiger partial charge in [0, 0.05) is 44.0 Å². The Morgan fingerprint density at radius 3 is 2.29 bits per heavy atom. The molecular formula is C35H56N6O6S2. The van der Waals surface area contributed by atoms with E-state index in [1.54, 1.807) is 5.51 Å². The van der Waals surface area contributed by atoms with Crippen LogP contribution in [-0.2, 0) is 32.5 Å². The zero-order valence-corrected chi connectivity index (χ0v) is 30.7. The Hall–Kier alpha value is -2.46. The summed E-state index contributed by atoms with van der Waals surface area (Å²) in [6, 6.07) is 6.62. The van der Waals surface area contributed by atoms with Crippen LogP contribution in [0, 0.1) is 17.8 Å². The summed E-state index contributed by atoms with van der Waals surface area (Å²) in [6.07, 6.45) is 2.98. The lowest BCUT2D eigenvalue weighted by atomic mass is 9.78. The van der Waals surface area contributed by atoms with Crippen LogP contribution in [0.25, 0.3) is 0 Å². The van der Waals surface area contributed by atoms with E-state index in [2.05, 4.69) is 20.5 Å². The van der Waals surface area contributed by atoms with Gasteiger partial charge in [-0.15, -0.1) is 11.3 Å². The Bertz CT molecular complexity index is 1400. The topological polar surface area (TPSA) is 178 Å². The third-order valence-electron chi connectivity index (χ3n) is 9.88. The molecule has 6 atom stereocenters. The second-order valence-electron chi connectivity index (χ2n) is 14.3. The fourth-order valence-electron chi connectivity index (χ4n) is 6.98. The summed E-state index contributed by atoms with van der Waals surface area (Å²) in [5.41, 5.74) is 9.72. The van der Waals surface area contributed by atoms with Gasteiger partial charge in [0.25, 0.3) is 0 Å². The molecule has 2 aliphatic rings. The highest BCUT2D eigenvalue weighted by atomic mass is 32.2. The van der Waals surface area contributed by atoms with Crippen LogP contribution in [0.15, 0.2) is 41.2 Å². The fourth-order valence-corrected chi connectivity index (χ4v) is 9.26. The van der Waals surface area contributed by atoms with Crippen LogP contribution in [0.4, 0.5) is 0 Å². The van der Waals surface area contributed by atoms with Crippen molar-refractivity contribution in [3.63, 3.8) is 0 Å². The largest absolute Gasteiger partial charge is 0.390 e. The van der Waals surface area contributed by atoms with Crippen molar-refractivity contribution < 1.29 is 28.2 Å². The Morgan fingerprint density at radius 1 is 1.00 bits per heavy atom. The van der Waals surface area contributed by atoms with Crippen LogP contribution in [0.2, 0.25) is 0 Å². The number of aromatic nitrogens is 1. The molecule has 49 heavy (non-hydrogen) atoms. The Kier molecular flexibility index (Phi) is 15.0. The van der Waals surface area contributed by atoms with Crippen molar-refractivity contribution >= 4 is 33.2 Å². The van der Waals surface area contributed by atoms with Gasteiger partial charge >= 0.3 is 0 Å². The lowest BCUT2D eigenvalue weighted by Crippen LogP contribution is -2.62. The number of hydrogen-bond donors (Lipinski definition) is 5. The van der Waals surface area contributed by atoms with E-state index in [4.69, 9.17) is 5.73 Å². The van der Waals surface area contributed by atoms with Crippen LogP contribution >= 0.6 is 11.3 Å². The highest BCUT2D eigenvalue weighted by Crippen LogP contribution is 2.29. The molecular weight excluding hydrogens is 665 g/mol. The standard InChI is InChI=1S/C35H56N6O6S2/c1-24(2)18-30(42)33(43)31(36)32(26-12-8-5-9-13-26)39-35(45)29(20-28-21-48-23-37-28)38-34(44)27(19-25-10-6-4-7-11-25)22-49(46,47)41-16-14-40(3)15-17-41/h4,6-7,10-11,21,23-24,26-27,29-33,42-43H,5,8-9,12-20,22,36H2,1-3H3,(H,38,44)(H,39,45)/t27-,29+,30+,31+,32?,33+/m1/s1. The molecule has 2 amide bonds. The van der Waals surface area contributed by atoms with Gasteiger partial charge in [0.2, 0.25) is 21.8 Å². The van der Waals surface area contributed by atoms with E-state index in [9.17, 15) is 28.2 Å². The first-order valence-electron chi connectivity index (χ1n) is 17.6. The molecule has 2 heterocycles. The van der Waals surface area contributed by atoms with Crippen molar-refractivity contribution in [2.75, 3.05) is 39.0 Å². The molecule has 1 unspecified atom stereocenters. The summed E-state index contributed by atoms with van der Waals surface area (Å²) in [5.74, 6) is -2.24. The molecule has 6 N–H and O–H groups in total. The van der Waals surface area contributed by atoms with Gasteiger partial charge in [-0.05, 0) is 50.1 Å². The predicted octanol–water partition coefficient (Wildman–Crippen LogP) is 1.77. The first kappa shape index (κ1) is 39.3. The number of piperazine rings is 1. The van der Waals surface area contributed by atoms with E-state index in [1.807, 2.05) is 56.6 Å². The summed E-state index contributed by atoms with van der Waals surface area (Å²) in [7, 11) is -1.83. The maximum absolute atomic E-state index is 14.2. The first-order chi connectivity index (χ1) is 23.3. The van der Waals surface area contributed by atoms with E-state index in [0.29, 0.717) is 38.3 Å². The summed E-state index contributed by atoms with van der Waals surface area (Å²) in [4.78, 5) is 34.7. The molecule has 4 rings (SSSR count). The van der Waals surface area contributed by atoms with Gasteiger partial charge in [0.05, 0.1) is 41.1 Å². The monoisotopic (exact) mass is 720 g/mol. The highest BCUT2D eigenvalue weighted by molar-refractivity contribution is 7.89. The second kappa shape index (κ2) is 18.7. The lowest BCUT2D eigenvalue weighted by molar-refractivity contribution is -0.131. The van der Waals surface area contributed by atoms with Crippen LogP contribution < -0.4 is 16.4 Å². The molecule has 0 radical (unpaired) electrons. The quantitative estimate of drug-likeness (QED) is 0.163. The van der Waals surface area contributed by atoms with E-state index in [1.165, 1.54) is 15.6 Å². The number of hydrogen-bond acceptors (Lipinski definition) is 10. The van der Waals surface area contributed by atoms with Gasteiger partial charge in [-0.2, -0.15) is 4.31 Å². The molecule has 274 valence electrons.